The van der Waals surface area contributed by atoms with Crippen LogP contribution in [0.1, 0.15) is 38.8 Å². The van der Waals surface area contributed by atoms with E-state index in [0.717, 1.165) is 26.9 Å². The predicted molar refractivity (Wildman–Crippen MR) is 152 cm³/mol. The molecule has 0 unspecified atom stereocenters. The fourth-order valence-corrected chi connectivity index (χ4v) is 4.72. The molecule has 0 saturated carbocycles. The van der Waals surface area contributed by atoms with Gasteiger partial charge in [-0.2, -0.15) is 0 Å². The number of carbonyl (C=O) groups excluding carboxylic acids is 2. The number of aromatic nitrogens is 3. The van der Waals surface area contributed by atoms with Crippen LogP contribution in [0.4, 0.5) is 10.6 Å². The first-order chi connectivity index (χ1) is 18.2. The number of carbonyl (C=O) groups is 2. The zero-order valence-electron chi connectivity index (χ0n) is 21.9. The summed E-state index contributed by atoms with van der Waals surface area (Å²) in [6.07, 6.45) is 6.83. The van der Waals surface area contributed by atoms with Gasteiger partial charge in [0.25, 0.3) is 0 Å². The molecule has 1 atom stereocenters. The second-order valence-electron chi connectivity index (χ2n) is 9.86. The summed E-state index contributed by atoms with van der Waals surface area (Å²) in [5, 5.41) is 8.41. The Kier molecular flexibility index (Phi) is 8.48. The number of nitrogens with one attached hydrogen (secondary N) is 2. The number of ketones is 1. The van der Waals surface area contributed by atoms with Crippen molar-refractivity contribution in [2.45, 2.75) is 45.8 Å². The molecule has 3 aromatic heterocycles. The molecule has 0 aliphatic carbocycles. The molecule has 0 aliphatic heterocycles. The fraction of sp³-hybridized carbons (Fsp3) is 0.276. The lowest BCUT2D eigenvalue weighted by molar-refractivity contribution is -0.112. The molecule has 0 aliphatic rings. The molecular weight excluding hydrogens is 498 g/mol. The van der Waals surface area contributed by atoms with E-state index in [2.05, 4.69) is 15.6 Å². The van der Waals surface area contributed by atoms with Crippen molar-refractivity contribution >= 4 is 45.3 Å². The minimum Gasteiger partial charge on any atom is -0.444 e. The van der Waals surface area contributed by atoms with Gasteiger partial charge in [-0.3, -0.25) is 9.78 Å². The van der Waals surface area contributed by atoms with E-state index in [1.165, 1.54) is 24.3 Å². The maximum Gasteiger partial charge on any atom is 0.407 e. The molecule has 1 aromatic carbocycles. The lowest BCUT2D eigenvalue weighted by Crippen LogP contribution is -2.43. The van der Waals surface area contributed by atoms with Gasteiger partial charge >= 0.3 is 6.09 Å². The van der Waals surface area contributed by atoms with E-state index in [1.807, 2.05) is 68.6 Å². The van der Waals surface area contributed by atoms with E-state index in [4.69, 9.17) is 14.7 Å². The van der Waals surface area contributed by atoms with Crippen LogP contribution in [0.2, 0.25) is 0 Å². The van der Waals surface area contributed by atoms with Crippen molar-refractivity contribution in [2.75, 3.05) is 11.9 Å². The zero-order chi connectivity index (χ0) is 27.1. The Balaban J connectivity index is 1.66. The number of rotatable bonds is 9. The van der Waals surface area contributed by atoms with Crippen molar-refractivity contribution in [1.29, 1.82) is 0 Å². The zero-order valence-corrected chi connectivity index (χ0v) is 22.7. The first-order valence-corrected chi connectivity index (χ1v) is 13.2. The van der Waals surface area contributed by atoms with Crippen LogP contribution in [0.5, 0.6) is 0 Å². The van der Waals surface area contributed by atoms with E-state index in [0.29, 0.717) is 24.6 Å². The molecule has 38 heavy (non-hydrogen) atoms. The molecule has 0 fully saturated rings. The monoisotopic (exact) mass is 529 g/mol. The molecule has 4 aromatic rings. The third-order valence-electron chi connectivity index (χ3n) is 5.44. The quantitative estimate of drug-likeness (QED) is 0.260. The van der Waals surface area contributed by atoms with Gasteiger partial charge in [-0.05, 0) is 64.0 Å². The fourth-order valence-electron chi connectivity index (χ4n) is 3.78. The first kappa shape index (κ1) is 26.9. The Morgan fingerprint density at radius 2 is 1.82 bits per heavy atom. The van der Waals surface area contributed by atoms with Crippen LogP contribution in [0.15, 0.2) is 66.3 Å². The van der Waals surface area contributed by atoms with E-state index in [9.17, 15) is 9.59 Å². The molecule has 0 radical (unpaired) electrons. The van der Waals surface area contributed by atoms with Gasteiger partial charge in [0.1, 0.15) is 11.4 Å². The highest BCUT2D eigenvalue weighted by molar-refractivity contribution is 7.18. The maximum atomic E-state index is 12.6. The largest absolute Gasteiger partial charge is 0.444 e. The molecule has 1 amide bonds. The summed E-state index contributed by atoms with van der Waals surface area (Å²) in [7, 11) is 0. The molecule has 0 spiro atoms. The molecule has 4 rings (SSSR count). The number of amides is 1. The number of alkyl carbamates (subject to hydrolysis) is 1. The topological polar surface area (TPSA) is 106 Å². The predicted octanol–water partition coefficient (Wildman–Crippen LogP) is 5.90. The van der Waals surface area contributed by atoms with Crippen LogP contribution >= 0.6 is 11.3 Å². The van der Waals surface area contributed by atoms with Gasteiger partial charge in [-0.15, -0.1) is 11.3 Å². The number of nitrogens with zero attached hydrogens (tertiary/aromatic N) is 3. The summed E-state index contributed by atoms with van der Waals surface area (Å²) in [6, 6.07) is 13.4. The van der Waals surface area contributed by atoms with E-state index < -0.39 is 11.7 Å². The second kappa shape index (κ2) is 12.0. The highest BCUT2D eigenvalue weighted by atomic mass is 32.1. The van der Waals surface area contributed by atoms with Crippen LogP contribution in [0.3, 0.4) is 0 Å². The molecule has 2 N–H and O–H groups in total. The highest BCUT2D eigenvalue weighted by Gasteiger charge is 2.21. The van der Waals surface area contributed by atoms with E-state index in [-0.39, 0.29) is 11.8 Å². The molecule has 8 nitrogen and oxygen atoms in total. The minimum absolute atomic E-state index is 0.0388. The van der Waals surface area contributed by atoms with Gasteiger partial charge in [-0.1, -0.05) is 30.3 Å². The van der Waals surface area contributed by atoms with Gasteiger partial charge in [0, 0.05) is 35.4 Å². The van der Waals surface area contributed by atoms with Crippen molar-refractivity contribution in [1.82, 2.24) is 20.3 Å². The van der Waals surface area contributed by atoms with Crippen LogP contribution in [-0.4, -0.2) is 45.0 Å². The molecule has 3 heterocycles. The van der Waals surface area contributed by atoms with Gasteiger partial charge in [0.2, 0.25) is 0 Å². The minimum atomic E-state index is -0.603. The Labute approximate surface area is 226 Å². The number of anilines is 1. The third-order valence-corrected chi connectivity index (χ3v) is 6.43. The summed E-state index contributed by atoms with van der Waals surface area (Å²) in [4.78, 5) is 37.9. The first-order valence-electron chi connectivity index (χ1n) is 12.3. The lowest BCUT2D eigenvalue weighted by Gasteiger charge is -2.24. The average Bonchev–Trinajstić information content (AvgIpc) is 3.29. The standard InChI is InChI=1S/C29H31N5O3S/c1-19(35)10-11-22-18-38-25-24(22)33-26(21-12-14-30-15-13-21)34-27(25)31-17-23(16-20-8-6-5-7-9-20)32-28(36)37-29(2,3)4/h5-15,18,23H,16-17H2,1-4H3,(H,32,36)(H,31,33,34)/b11-10+/t23-/m0/s1. The summed E-state index contributed by atoms with van der Waals surface area (Å²) in [5.74, 6) is 1.15. The number of thiophene rings is 1. The summed E-state index contributed by atoms with van der Waals surface area (Å²) < 4.78 is 6.37. The number of hydrogen-bond acceptors (Lipinski definition) is 8. The third kappa shape index (κ3) is 7.45. The molecule has 9 heteroatoms. The number of hydrogen-bond donors (Lipinski definition) is 2. The number of fused-ring (bicyclic) bond motifs is 1. The van der Waals surface area contributed by atoms with Crippen LogP contribution in [0.25, 0.3) is 27.7 Å². The summed E-state index contributed by atoms with van der Waals surface area (Å²) in [5.41, 5.74) is 2.90. The Hall–Kier alpha value is -4.11. The summed E-state index contributed by atoms with van der Waals surface area (Å²) in [6.45, 7) is 7.44. The van der Waals surface area contributed by atoms with Crippen LogP contribution < -0.4 is 10.6 Å². The van der Waals surface area contributed by atoms with E-state index in [1.54, 1.807) is 18.5 Å². The number of pyridine rings is 1. The Bertz CT molecular complexity index is 1430. The summed E-state index contributed by atoms with van der Waals surface area (Å²) >= 11 is 1.50. The SMILES string of the molecule is CC(=O)/C=C/c1csc2c(NC[C@H](Cc3ccccc3)NC(=O)OC(C)(C)C)nc(-c3ccncc3)nc12. The van der Waals surface area contributed by atoms with Crippen molar-refractivity contribution in [3.05, 3.63) is 77.4 Å². The normalized spacial score (nSPS) is 12.4. The smallest absolute Gasteiger partial charge is 0.407 e. The van der Waals surface area contributed by atoms with Gasteiger partial charge in [-0.25, -0.2) is 14.8 Å². The molecule has 196 valence electrons. The van der Waals surface area contributed by atoms with Crippen molar-refractivity contribution < 1.29 is 14.3 Å². The maximum absolute atomic E-state index is 12.6. The van der Waals surface area contributed by atoms with Crippen molar-refractivity contribution in [3.63, 3.8) is 0 Å². The van der Waals surface area contributed by atoms with Crippen LogP contribution in [0, 0.1) is 0 Å². The average molecular weight is 530 g/mol. The number of benzene rings is 1. The van der Waals surface area contributed by atoms with Crippen molar-refractivity contribution in [2.24, 2.45) is 0 Å². The number of ether oxygens (including phenoxy) is 1. The van der Waals surface area contributed by atoms with Crippen molar-refractivity contribution in [3.8, 4) is 11.4 Å². The van der Waals surface area contributed by atoms with E-state index >= 15 is 0 Å². The second-order valence-corrected chi connectivity index (χ2v) is 10.7. The lowest BCUT2D eigenvalue weighted by atomic mass is 10.1. The molecular formula is C29H31N5O3S. The van der Waals surface area contributed by atoms with Crippen LogP contribution in [-0.2, 0) is 16.0 Å². The van der Waals surface area contributed by atoms with Gasteiger partial charge in [0.05, 0.1) is 16.3 Å². The highest BCUT2D eigenvalue weighted by Crippen LogP contribution is 2.33. The number of allylic oxidation sites excluding steroid dienone is 1. The van der Waals surface area contributed by atoms with Gasteiger partial charge in [0.15, 0.2) is 11.6 Å². The Morgan fingerprint density at radius 3 is 2.50 bits per heavy atom. The molecule has 0 bridgehead atoms. The molecule has 0 saturated heterocycles. The Morgan fingerprint density at radius 1 is 1.08 bits per heavy atom. The van der Waals surface area contributed by atoms with Gasteiger partial charge < -0.3 is 15.4 Å².